The van der Waals surface area contributed by atoms with Gasteiger partial charge in [-0.15, -0.1) is 0 Å². The Kier molecular flexibility index (Phi) is 6.18. The maximum Gasteiger partial charge on any atom is 0.256 e. The second-order valence-corrected chi connectivity index (χ2v) is 6.61. The number of amides is 2. The van der Waals surface area contributed by atoms with Gasteiger partial charge in [0.15, 0.2) is 0 Å². The zero-order chi connectivity index (χ0) is 20.1. The molecule has 0 spiro atoms. The third kappa shape index (κ3) is 4.62. The molecule has 1 aromatic heterocycles. The molecule has 0 radical (unpaired) electrons. The van der Waals surface area contributed by atoms with Crippen LogP contribution in [0, 0.1) is 17.6 Å². The van der Waals surface area contributed by atoms with E-state index in [1.54, 1.807) is 18.3 Å². The van der Waals surface area contributed by atoms with Crippen molar-refractivity contribution in [1.29, 1.82) is 0 Å². The molecule has 8 heteroatoms. The van der Waals surface area contributed by atoms with Crippen molar-refractivity contribution in [3.8, 4) is 5.88 Å². The Hall–Kier alpha value is -3.03. The molecule has 1 aliphatic rings. The number of methoxy groups -OCH3 is 1. The minimum atomic E-state index is -0.877. The molecule has 0 aliphatic carbocycles. The largest absolute Gasteiger partial charge is 0.481 e. The van der Waals surface area contributed by atoms with Crippen molar-refractivity contribution in [3.05, 3.63) is 59.3 Å². The first-order valence-electron chi connectivity index (χ1n) is 8.99. The number of likely N-dealkylation sites (tertiary alicyclic amines) is 1. The Labute approximate surface area is 161 Å². The molecule has 0 bridgehead atoms. The highest BCUT2D eigenvalue weighted by Crippen LogP contribution is 2.21. The zero-order valence-electron chi connectivity index (χ0n) is 15.5. The lowest BCUT2D eigenvalue weighted by atomic mass is 9.95. The van der Waals surface area contributed by atoms with E-state index in [4.69, 9.17) is 4.74 Å². The van der Waals surface area contributed by atoms with Crippen molar-refractivity contribution in [2.24, 2.45) is 5.92 Å². The Balaban J connectivity index is 1.51. The molecule has 3 rings (SSSR count). The van der Waals surface area contributed by atoms with Gasteiger partial charge >= 0.3 is 0 Å². The van der Waals surface area contributed by atoms with E-state index >= 15 is 0 Å². The van der Waals surface area contributed by atoms with E-state index in [2.05, 4.69) is 10.3 Å². The summed E-state index contributed by atoms with van der Waals surface area (Å²) in [6, 6.07) is 6.45. The van der Waals surface area contributed by atoms with Gasteiger partial charge in [-0.2, -0.15) is 0 Å². The molecule has 1 N–H and O–H groups in total. The van der Waals surface area contributed by atoms with Crippen molar-refractivity contribution in [2.75, 3.05) is 20.2 Å². The number of hydrogen-bond donors (Lipinski definition) is 1. The van der Waals surface area contributed by atoms with Crippen molar-refractivity contribution in [3.63, 3.8) is 0 Å². The van der Waals surface area contributed by atoms with Gasteiger partial charge in [-0.25, -0.2) is 13.8 Å². The van der Waals surface area contributed by atoms with Crippen LogP contribution in [-0.2, 0) is 11.3 Å². The maximum absolute atomic E-state index is 13.8. The van der Waals surface area contributed by atoms with Gasteiger partial charge in [-0.1, -0.05) is 0 Å². The summed E-state index contributed by atoms with van der Waals surface area (Å²) in [5.74, 6) is -1.91. The molecule has 148 valence electrons. The number of rotatable bonds is 5. The molecule has 1 aromatic carbocycles. The van der Waals surface area contributed by atoms with Crippen molar-refractivity contribution in [2.45, 2.75) is 19.4 Å². The maximum atomic E-state index is 13.8. The number of piperidine rings is 1. The molecule has 0 unspecified atom stereocenters. The quantitative estimate of drug-likeness (QED) is 0.853. The zero-order valence-corrected chi connectivity index (χ0v) is 15.5. The summed E-state index contributed by atoms with van der Waals surface area (Å²) >= 11 is 0. The average Bonchev–Trinajstić information content (AvgIpc) is 2.72. The van der Waals surface area contributed by atoms with E-state index < -0.39 is 17.5 Å². The standard InChI is InChI=1S/C20H21F2N3O3/c1-28-18-10-13(4-7-23-18)12-24-19(26)14-5-8-25(9-6-14)20(27)16-3-2-15(21)11-17(16)22/h2-4,7,10-11,14H,5-6,8-9,12H2,1H3,(H,24,26). The smallest absolute Gasteiger partial charge is 0.256 e. The normalized spacial score (nSPS) is 14.6. The third-order valence-corrected chi connectivity index (χ3v) is 4.79. The Morgan fingerprint density at radius 2 is 1.96 bits per heavy atom. The number of pyridine rings is 1. The molecular weight excluding hydrogens is 368 g/mol. The molecule has 0 saturated carbocycles. The van der Waals surface area contributed by atoms with Gasteiger partial charge in [-0.3, -0.25) is 9.59 Å². The van der Waals surface area contributed by atoms with Gasteiger partial charge in [-0.05, 0) is 36.6 Å². The van der Waals surface area contributed by atoms with Crippen LogP contribution in [0.3, 0.4) is 0 Å². The van der Waals surface area contributed by atoms with Crippen LogP contribution >= 0.6 is 0 Å². The van der Waals surface area contributed by atoms with E-state index in [1.807, 2.05) is 0 Å². The summed E-state index contributed by atoms with van der Waals surface area (Å²) in [5.41, 5.74) is 0.718. The molecule has 6 nitrogen and oxygen atoms in total. The summed E-state index contributed by atoms with van der Waals surface area (Å²) in [4.78, 5) is 30.3. The fraction of sp³-hybridized carbons (Fsp3) is 0.350. The van der Waals surface area contributed by atoms with Crippen LogP contribution < -0.4 is 10.1 Å². The number of carbonyl (C=O) groups excluding carboxylic acids is 2. The average molecular weight is 389 g/mol. The van der Waals surface area contributed by atoms with Gasteiger partial charge in [0.25, 0.3) is 5.91 Å². The van der Waals surface area contributed by atoms with E-state index in [0.717, 1.165) is 17.7 Å². The van der Waals surface area contributed by atoms with Gasteiger partial charge < -0.3 is 15.0 Å². The molecule has 2 aromatic rings. The lowest BCUT2D eigenvalue weighted by molar-refractivity contribution is -0.126. The first-order valence-corrected chi connectivity index (χ1v) is 8.99. The van der Waals surface area contributed by atoms with Crippen LogP contribution in [-0.4, -0.2) is 41.9 Å². The number of nitrogens with zero attached hydrogens (tertiary/aromatic N) is 2. The summed E-state index contributed by atoms with van der Waals surface area (Å²) < 4.78 is 31.9. The molecule has 1 aliphatic heterocycles. The summed E-state index contributed by atoms with van der Waals surface area (Å²) in [5, 5.41) is 2.88. The van der Waals surface area contributed by atoms with Crippen LogP contribution in [0.5, 0.6) is 5.88 Å². The minimum Gasteiger partial charge on any atom is -0.481 e. The monoisotopic (exact) mass is 389 g/mol. The molecule has 0 atom stereocenters. The Morgan fingerprint density at radius 1 is 1.21 bits per heavy atom. The predicted molar refractivity (Wildman–Crippen MR) is 97.6 cm³/mol. The molecule has 1 fully saturated rings. The highest BCUT2D eigenvalue weighted by Gasteiger charge is 2.28. The van der Waals surface area contributed by atoms with E-state index in [-0.39, 0.29) is 17.4 Å². The summed E-state index contributed by atoms with van der Waals surface area (Å²) in [7, 11) is 1.53. The number of hydrogen-bond acceptors (Lipinski definition) is 4. The fourth-order valence-electron chi connectivity index (χ4n) is 3.18. The SMILES string of the molecule is COc1cc(CNC(=O)C2CCN(C(=O)c3ccc(F)cc3F)CC2)ccn1. The van der Waals surface area contributed by atoms with E-state index in [1.165, 1.54) is 12.0 Å². The van der Waals surface area contributed by atoms with Crippen molar-refractivity contribution < 1.29 is 23.1 Å². The third-order valence-electron chi connectivity index (χ3n) is 4.79. The summed E-state index contributed by atoms with van der Waals surface area (Å²) in [6.07, 6.45) is 2.58. The number of carbonyl (C=O) groups is 2. The number of ether oxygens (including phenoxy) is 1. The van der Waals surface area contributed by atoms with Crippen LogP contribution in [0.15, 0.2) is 36.5 Å². The van der Waals surface area contributed by atoms with Crippen molar-refractivity contribution in [1.82, 2.24) is 15.2 Å². The fourth-order valence-corrected chi connectivity index (χ4v) is 3.18. The van der Waals surface area contributed by atoms with E-state index in [0.29, 0.717) is 44.4 Å². The predicted octanol–water partition coefficient (Wildman–Crippen LogP) is 2.54. The topological polar surface area (TPSA) is 71.5 Å². The molecule has 28 heavy (non-hydrogen) atoms. The Morgan fingerprint density at radius 3 is 2.64 bits per heavy atom. The number of nitrogens with one attached hydrogen (secondary N) is 1. The summed E-state index contributed by atoms with van der Waals surface area (Å²) in [6.45, 7) is 1.05. The first kappa shape index (κ1) is 19.7. The Bertz CT molecular complexity index is 868. The molecule has 2 amide bonds. The number of halogens is 2. The van der Waals surface area contributed by atoms with Gasteiger partial charge in [0.1, 0.15) is 11.6 Å². The second kappa shape index (κ2) is 8.77. The second-order valence-electron chi connectivity index (χ2n) is 6.61. The van der Waals surface area contributed by atoms with Crippen LogP contribution in [0.25, 0.3) is 0 Å². The van der Waals surface area contributed by atoms with Crippen LogP contribution in [0.1, 0.15) is 28.8 Å². The van der Waals surface area contributed by atoms with Gasteiger partial charge in [0.05, 0.1) is 12.7 Å². The van der Waals surface area contributed by atoms with E-state index in [9.17, 15) is 18.4 Å². The highest BCUT2D eigenvalue weighted by atomic mass is 19.1. The minimum absolute atomic E-state index is 0.0872. The number of benzene rings is 1. The van der Waals surface area contributed by atoms with Crippen molar-refractivity contribution >= 4 is 11.8 Å². The lowest BCUT2D eigenvalue weighted by Crippen LogP contribution is -2.43. The number of aromatic nitrogens is 1. The first-order chi connectivity index (χ1) is 13.5. The molecule has 2 heterocycles. The van der Waals surface area contributed by atoms with Gasteiger partial charge in [0, 0.05) is 43.9 Å². The van der Waals surface area contributed by atoms with Crippen LogP contribution in [0.4, 0.5) is 8.78 Å². The van der Waals surface area contributed by atoms with Gasteiger partial charge in [0.2, 0.25) is 11.8 Å². The highest BCUT2D eigenvalue weighted by molar-refractivity contribution is 5.94. The molecule has 1 saturated heterocycles. The molecular formula is C20H21F2N3O3. The lowest BCUT2D eigenvalue weighted by Gasteiger charge is -2.31. The van der Waals surface area contributed by atoms with Crippen LogP contribution in [0.2, 0.25) is 0 Å².